The molecule has 4 amide bonds. The smallest absolute Gasteiger partial charge is 0.321 e. The largest absolute Gasteiger partial charge is 0.338 e. The van der Waals surface area contributed by atoms with E-state index in [0.29, 0.717) is 38.2 Å². The van der Waals surface area contributed by atoms with Crippen molar-refractivity contribution in [3.05, 3.63) is 24.3 Å². The summed E-state index contributed by atoms with van der Waals surface area (Å²) in [6, 6.07) is 5.12. The topological polar surface area (TPSA) is 151 Å². The summed E-state index contributed by atoms with van der Waals surface area (Å²) in [5, 5.41) is 12.5. The Labute approximate surface area is 163 Å². The first-order chi connectivity index (χ1) is 13.2. The SMILES string of the molecule is CCNC(=O)NC(=O)CN1CCC(C(=O)Nc2ccc(S(N)(=O)=O)cc2)CC1. The van der Waals surface area contributed by atoms with E-state index >= 15 is 0 Å². The number of likely N-dealkylation sites (tertiary alicyclic amines) is 1. The van der Waals surface area contributed by atoms with E-state index in [1.54, 1.807) is 6.92 Å². The Kier molecular flexibility index (Phi) is 7.49. The Morgan fingerprint density at radius 2 is 1.75 bits per heavy atom. The molecule has 1 aliphatic rings. The summed E-state index contributed by atoms with van der Waals surface area (Å²) < 4.78 is 22.5. The fourth-order valence-corrected chi connectivity index (χ4v) is 3.41. The van der Waals surface area contributed by atoms with Crippen molar-refractivity contribution in [1.82, 2.24) is 15.5 Å². The first-order valence-electron chi connectivity index (χ1n) is 8.92. The third-order valence-electron chi connectivity index (χ3n) is 4.37. The van der Waals surface area contributed by atoms with Crippen LogP contribution in [-0.2, 0) is 19.6 Å². The normalized spacial score (nSPS) is 15.6. The molecule has 0 atom stereocenters. The molecular weight excluding hydrogens is 386 g/mol. The molecule has 1 fully saturated rings. The molecule has 0 unspecified atom stereocenters. The molecule has 0 radical (unpaired) electrons. The van der Waals surface area contributed by atoms with E-state index in [9.17, 15) is 22.8 Å². The Balaban J connectivity index is 1.78. The third kappa shape index (κ3) is 6.59. The van der Waals surface area contributed by atoms with Crippen molar-refractivity contribution in [2.24, 2.45) is 11.1 Å². The number of carbonyl (C=O) groups excluding carboxylic acids is 3. The van der Waals surface area contributed by atoms with Crippen molar-refractivity contribution in [1.29, 1.82) is 0 Å². The van der Waals surface area contributed by atoms with Crippen LogP contribution in [0.25, 0.3) is 0 Å². The summed E-state index contributed by atoms with van der Waals surface area (Å²) in [6.45, 7) is 3.41. The number of benzene rings is 1. The molecule has 11 heteroatoms. The lowest BCUT2D eigenvalue weighted by atomic mass is 9.96. The lowest BCUT2D eigenvalue weighted by Gasteiger charge is -2.30. The predicted molar refractivity (Wildman–Crippen MR) is 103 cm³/mol. The standard InChI is InChI=1S/C17H25N5O5S/c1-2-19-17(25)21-15(23)11-22-9-7-12(8-10-22)16(24)20-13-3-5-14(6-4-13)28(18,26)27/h3-6,12H,2,7-11H2,1H3,(H,20,24)(H2,18,26,27)(H2,19,21,23,25). The lowest BCUT2D eigenvalue weighted by Crippen LogP contribution is -2.47. The van der Waals surface area contributed by atoms with Gasteiger partial charge in [0.05, 0.1) is 11.4 Å². The van der Waals surface area contributed by atoms with Gasteiger partial charge in [-0.1, -0.05) is 0 Å². The van der Waals surface area contributed by atoms with Crippen molar-refractivity contribution >= 4 is 33.6 Å². The lowest BCUT2D eigenvalue weighted by molar-refractivity contribution is -0.122. The van der Waals surface area contributed by atoms with Crippen molar-refractivity contribution in [3.63, 3.8) is 0 Å². The average molecular weight is 411 g/mol. The van der Waals surface area contributed by atoms with Crippen LogP contribution in [0, 0.1) is 5.92 Å². The van der Waals surface area contributed by atoms with Gasteiger partial charge in [0.2, 0.25) is 21.8 Å². The van der Waals surface area contributed by atoms with E-state index in [1.165, 1.54) is 24.3 Å². The number of nitrogens with one attached hydrogen (secondary N) is 3. The van der Waals surface area contributed by atoms with Crippen molar-refractivity contribution < 1.29 is 22.8 Å². The minimum atomic E-state index is -3.77. The summed E-state index contributed by atoms with van der Waals surface area (Å²) in [5.41, 5.74) is 0.487. The van der Waals surface area contributed by atoms with Gasteiger partial charge in [-0.3, -0.25) is 19.8 Å². The number of carbonyl (C=O) groups is 3. The first-order valence-corrected chi connectivity index (χ1v) is 10.5. The number of hydrogen-bond acceptors (Lipinski definition) is 6. The van der Waals surface area contributed by atoms with E-state index in [2.05, 4.69) is 16.0 Å². The highest BCUT2D eigenvalue weighted by Crippen LogP contribution is 2.20. The number of urea groups is 1. The van der Waals surface area contributed by atoms with Gasteiger partial charge in [-0.15, -0.1) is 0 Å². The van der Waals surface area contributed by atoms with E-state index in [1.807, 2.05) is 4.90 Å². The highest BCUT2D eigenvalue weighted by molar-refractivity contribution is 7.89. The van der Waals surface area contributed by atoms with Crippen LogP contribution >= 0.6 is 0 Å². The average Bonchev–Trinajstić information content (AvgIpc) is 2.62. The second kappa shape index (κ2) is 9.62. The third-order valence-corrected chi connectivity index (χ3v) is 5.30. The van der Waals surface area contributed by atoms with Crippen molar-refractivity contribution in [2.75, 3.05) is 31.5 Å². The molecule has 0 aliphatic carbocycles. The maximum absolute atomic E-state index is 12.4. The highest BCUT2D eigenvalue weighted by atomic mass is 32.2. The van der Waals surface area contributed by atoms with E-state index in [4.69, 9.17) is 5.14 Å². The minimum Gasteiger partial charge on any atom is -0.338 e. The van der Waals surface area contributed by atoms with Crippen LogP contribution in [0.15, 0.2) is 29.2 Å². The van der Waals surface area contributed by atoms with Crippen molar-refractivity contribution in [2.45, 2.75) is 24.7 Å². The summed E-state index contributed by atoms with van der Waals surface area (Å²) >= 11 is 0. The maximum atomic E-state index is 12.4. The number of primary sulfonamides is 1. The quantitative estimate of drug-likeness (QED) is 0.510. The van der Waals surface area contributed by atoms with Gasteiger partial charge in [0, 0.05) is 18.2 Å². The number of nitrogens with two attached hydrogens (primary N) is 1. The molecule has 1 aromatic carbocycles. The minimum absolute atomic E-state index is 0.0234. The Bertz CT molecular complexity index is 817. The molecule has 1 saturated heterocycles. The zero-order chi connectivity index (χ0) is 20.7. The molecule has 1 heterocycles. The van der Waals surface area contributed by atoms with E-state index in [0.717, 1.165) is 0 Å². The molecule has 0 bridgehead atoms. The van der Waals surface area contributed by atoms with Crippen LogP contribution in [0.5, 0.6) is 0 Å². The molecule has 1 aliphatic heterocycles. The molecule has 0 saturated carbocycles. The van der Waals surface area contributed by atoms with Crippen LogP contribution in [0.3, 0.4) is 0 Å². The number of anilines is 1. The summed E-state index contributed by atoms with van der Waals surface area (Å²) in [5.74, 6) is -0.751. The number of piperidine rings is 1. The van der Waals surface area contributed by atoms with Gasteiger partial charge in [-0.05, 0) is 57.1 Å². The zero-order valence-electron chi connectivity index (χ0n) is 15.6. The Hall–Kier alpha value is -2.50. The zero-order valence-corrected chi connectivity index (χ0v) is 16.4. The van der Waals surface area contributed by atoms with Gasteiger partial charge in [-0.2, -0.15) is 0 Å². The van der Waals surface area contributed by atoms with Gasteiger partial charge >= 0.3 is 6.03 Å². The van der Waals surface area contributed by atoms with Crippen LogP contribution in [-0.4, -0.2) is 57.3 Å². The van der Waals surface area contributed by atoms with E-state index < -0.39 is 16.1 Å². The summed E-state index contributed by atoms with van der Waals surface area (Å²) in [4.78, 5) is 37.4. The number of hydrogen-bond donors (Lipinski definition) is 4. The number of imide groups is 1. The summed E-state index contributed by atoms with van der Waals surface area (Å²) in [6.07, 6.45) is 1.16. The molecule has 2 rings (SSSR count). The Morgan fingerprint density at radius 3 is 2.29 bits per heavy atom. The molecule has 10 nitrogen and oxygen atoms in total. The molecule has 0 spiro atoms. The first kappa shape index (κ1) is 21.8. The number of rotatable bonds is 6. The molecule has 1 aromatic rings. The fraction of sp³-hybridized carbons (Fsp3) is 0.471. The molecule has 28 heavy (non-hydrogen) atoms. The second-order valence-corrected chi connectivity index (χ2v) is 8.08. The highest BCUT2D eigenvalue weighted by Gasteiger charge is 2.26. The Morgan fingerprint density at radius 1 is 1.14 bits per heavy atom. The number of nitrogens with zero attached hydrogens (tertiary/aromatic N) is 1. The van der Waals surface area contributed by atoms with Crippen LogP contribution in [0.1, 0.15) is 19.8 Å². The number of sulfonamides is 1. The monoisotopic (exact) mass is 411 g/mol. The molecule has 5 N–H and O–H groups in total. The van der Waals surface area contributed by atoms with Crippen LogP contribution in [0.2, 0.25) is 0 Å². The second-order valence-electron chi connectivity index (χ2n) is 6.52. The van der Waals surface area contributed by atoms with Crippen LogP contribution < -0.4 is 21.1 Å². The maximum Gasteiger partial charge on any atom is 0.321 e. The molecule has 154 valence electrons. The van der Waals surface area contributed by atoms with E-state index in [-0.39, 0.29) is 29.2 Å². The molecule has 0 aromatic heterocycles. The van der Waals surface area contributed by atoms with Gasteiger partial charge < -0.3 is 10.6 Å². The van der Waals surface area contributed by atoms with Crippen molar-refractivity contribution in [3.8, 4) is 0 Å². The van der Waals surface area contributed by atoms with Gasteiger partial charge in [0.15, 0.2) is 0 Å². The van der Waals surface area contributed by atoms with Gasteiger partial charge in [-0.25, -0.2) is 18.4 Å². The fourth-order valence-electron chi connectivity index (χ4n) is 2.90. The predicted octanol–water partition coefficient (Wildman–Crippen LogP) is -0.170. The van der Waals surface area contributed by atoms with Crippen LogP contribution in [0.4, 0.5) is 10.5 Å². The summed E-state index contributed by atoms with van der Waals surface area (Å²) in [7, 11) is -3.77. The molecular formula is C17H25N5O5S. The van der Waals surface area contributed by atoms with Gasteiger partial charge in [0.25, 0.3) is 0 Å². The number of amides is 4. The van der Waals surface area contributed by atoms with Gasteiger partial charge in [0.1, 0.15) is 0 Å².